The summed E-state index contributed by atoms with van der Waals surface area (Å²) >= 11 is 0. The van der Waals surface area contributed by atoms with Crippen LogP contribution in [0.15, 0.2) is 0 Å². The van der Waals surface area contributed by atoms with Gasteiger partial charge in [-0.3, -0.25) is 4.79 Å². The van der Waals surface area contributed by atoms with Crippen molar-refractivity contribution < 1.29 is 14.3 Å². The van der Waals surface area contributed by atoms with E-state index in [2.05, 4.69) is 10.1 Å². The second-order valence-corrected chi connectivity index (χ2v) is 2.91. The van der Waals surface area contributed by atoms with Gasteiger partial charge in [0.2, 0.25) is 5.91 Å². The summed E-state index contributed by atoms with van der Waals surface area (Å²) in [6.45, 7) is 5.12. The number of amides is 1. The van der Waals surface area contributed by atoms with Crippen LogP contribution in [0.2, 0.25) is 0 Å². The Morgan fingerprint density at radius 2 is 1.75 bits per heavy atom. The number of rotatable bonds is 3. The minimum absolute atomic E-state index is 0.114. The maximum atomic E-state index is 11.1. The summed E-state index contributed by atoms with van der Waals surface area (Å²) in [6.07, 6.45) is 0. The van der Waals surface area contributed by atoms with Gasteiger partial charge in [0.15, 0.2) is 0 Å². The summed E-state index contributed by atoms with van der Waals surface area (Å²) in [4.78, 5) is 21.9. The molecule has 0 aromatic rings. The molecule has 0 aromatic heterocycles. The van der Waals surface area contributed by atoms with Crippen molar-refractivity contribution in [1.82, 2.24) is 5.32 Å². The van der Waals surface area contributed by atoms with Gasteiger partial charge in [-0.2, -0.15) is 0 Å². The predicted octanol–water partition coefficient (Wildman–Crippen LogP) is 0.320. The fraction of sp³-hybridized carbons (Fsp3) is 0.750. The molecule has 0 aliphatic rings. The third-order valence-electron chi connectivity index (χ3n) is 1.44. The number of nitrogens with one attached hydrogen (secondary N) is 1. The minimum Gasteiger partial charge on any atom is -0.467 e. The second kappa shape index (κ2) is 4.74. The van der Waals surface area contributed by atoms with Crippen molar-refractivity contribution >= 4 is 11.9 Å². The summed E-state index contributed by atoms with van der Waals surface area (Å²) < 4.78 is 4.44. The van der Waals surface area contributed by atoms with E-state index in [-0.39, 0.29) is 11.8 Å². The van der Waals surface area contributed by atoms with Gasteiger partial charge in [0, 0.05) is 5.92 Å². The van der Waals surface area contributed by atoms with Crippen LogP contribution >= 0.6 is 0 Å². The number of hydrogen-bond acceptors (Lipinski definition) is 3. The average molecular weight is 173 g/mol. The molecule has 0 heterocycles. The number of ether oxygens (including phenoxy) is 1. The van der Waals surface area contributed by atoms with Crippen LogP contribution in [0.4, 0.5) is 0 Å². The molecule has 4 heteroatoms. The fourth-order valence-electron chi connectivity index (χ4n) is 0.616. The van der Waals surface area contributed by atoms with Gasteiger partial charge in [0.05, 0.1) is 7.11 Å². The van der Waals surface area contributed by atoms with Crippen LogP contribution in [0.1, 0.15) is 20.8 Å². The van der Waals surface area contributed by atoms with Crippen molar-refractivity contribution in [2.45, 2.75) is 26.8 Å². The lowest BCUT2D eigenvalue weighted by Gasteiger charge is -2.12. The summed E-state index contributed by atoms with van der Waals surface area (Å²) in [6, 6.07) is -0.565. The van der Waals surface area contributed by atoms with E-state index in [0.29, 0.717) is 0 Å². The molecule has 1 atom stereocenters. The summed E-state index contributed by atoms with van der Waals surface area (Å²) in [5.41, 5.74) is 0. The molecular weight excluding hydrogens is 158 g/mol. The smallest absolute Gasteiger partial charge is 0.328 e. The molecule has 0 fully saturated rings. The van der Waals surface area contributed by atoms with Crippen molar-refractivity contribution in [2.24, 2.45) is 5.92 Å². The van der Waals surface area contributed by atoms with Crippen molar-refractivity contribution in [3.63, 3.8) is 0 Å². The maximum Gasteiger partial charge on any atom is 0.328 e. The van der Waals surface area contributed by atoms with Crippen LogP contribution in [0, 0.1) is 5.92 Å². The van der Waals surface area contributed by atoms with E-state index >= 15 is 0 Å². The Labute approximate surface area is 72.3 Å². The van der Waals surface area contributed by atoms with Gasteiger partial charge in [-0.05, 0) is 6.92 Å². The highest BCUT2D eigenvalue weighted by atomic mass is 16.5. The predicted molar refractivity (Wildman–Crippen MR) is 44.5 cm³/mol. The number of esters is 1. The Bertz CT molecular complexity index is 177. The Morgan fingerprint density at radius 3 is 2.08 bits per heavy atom. The van der Waals surface area contributed by atoms with Crippen LogP contribution < -0.4 is 5.32 Å². The zero-order chi connectivity index (χ0) is 9.72. The Hall–Kier alpha value is -1.06. The molecule has 1 amide bonds. The van der Waals surface area contributed by atoms with Crippen molar-refractivity contribution in [2.75, 3.05) is 7.11 Å². The van der Waals surface area contributed by atoms with Gasteiger partial charge in [-0.25, -0.2) is 4.79 Å². The first-order chi connectivity index (χ1) is 5.49. The molecule has 0 rings (SSSR count). The molecule has 0 saturated heterocycles. The van der Waals surface area contributed by atoms with E-state index in [1.807, 2.05) is 0 Å². The SMILES string of the molecule is COC(=O)[C@H](C)NC(=O)C(C)C. The topological polar surface area (TPSA) is 55.4 Å². The molecule has 0 unspecified atom stereocenters. The van der Waals surface area contributed by atoms with Gasteiger partial charge in [0.25, 0.3) is 0 Å². The maximum absolute atomic E-state index is 11.1. The van der Waals surface area contributed by atoms with Crippen molar-refractivity contribution in [3.8, 4) is 0 Å². The first kappa shape index (κ1) is 10.9. The van der Waals surface area contributed by atoms with Gasteiger partial charge < -0.3 is 10.1 Å². The zero-order valence-corrected chi connectivity index (χ0v) is 7.88. The lowest BCUT2D eigenvalue weighted by Crippen LogP contribution is -2.41. The quantitative estimate of drug-likeness (QED) is 0.625. The Kier molecular flexibility index (Phi) is 4.33. The van der Waals surface area contributed by atoms with Crippen molar-refractivity contribution in [1.29, 1.82) is 0 Å². The molecule has 1 N–H and O–H groups in total. The molecule has 0 aliphatic carbocycles. The second-order valence-electron chi connectivity index (χ2n) is 2.91. The van der Waals surface area contributed by atoms with E-state index in [1.165, 1.54) is 7.11 Å². The summed E-state index contributed by atoms with van der Waals surface area (Å²) in [7, 11) is 1.29. The number of carbonyl (C=O) groups is 2. The lowest BCUT2D eigenvalue weighted by atomic mass is 10.2. The summed E-state index contributed by atoms with van der Waals surface area (Å²) in [5, 5.41) is 2.52. The zero-order valence-electron chi connectivity index (χ0n) is 7.88. The first-order valence-electron chi connectivity index (χ1n) is 3.87. The molecule has 0 radical (unpaired) electrons. The molecule has 70 valence electrons. The van der Waals surface area contributed by atoms with E-state index in [1.54, 1.807) is 20.8 Å². The monoisotopic (exact) mass is 173 g/mol. The van der Waals surface area contributed by atoms with E-state index in [9.17, 15) is 9.59 Å². The first-order valence-corrected chi connectivity index (χ1v) is 3.87. The van der Waals surface area contributed by atoms with Crippen LogP contribution in [0.25, 0.3) is 0 Å². The Balaban J connectivity index is 3.92. The van der Waals surface area contributed by atoms with E-state index in [0.717, 1.165) is 0 Å². The van der Waals surface area contributed by atoms with Gasteiger partial charge in [0.1, 0.15) is 6.04 Å². The highest BCUT2D eigenvalue weighted by Gasteiger charge is 2.16. The molecular formula is C8H15NO3. The minimum atomic E-state index is -0.565. The lowest BCUT2D eigenvalue weighted by molar-refractivity contribution is -0.144. The molecule has 0 saturated carbocycles. The van der Waals surface area contributed by atoms with Gasteiger partial charge in [-0.1, -0.05) is 13.8 Å². The normalized spacial score (nSPS) is 12.4. The standard InChI is InChI=1S/C8H15NO3/c1-5(2)7(10)9-6(3)8(11)12-4/h5-6H,1-4H3,(H,9,10)/t6-/m0/s1. The molecule has 0 spiro atoms. The molecule has 4 nitrogen and oxygen atoms in total. The number of carbonyl (C=O) groups excluding carboxylic acids is 2. The largest absolute Gasteiger partial charge is 0.467 e. The van der Waals surface area contributed by atoms with Crippen LogP contribution in [-0.4, -0.2) is 25.0 Å². The highest BCUT2D eigenvalue weighted by molar-refractivity contribution is 5.84. The van der Waals surface area contributed by atoms with Crippen molar-refractivity contribution in [3.05, 3.63) is 0 Å². The van der Waals surface area contributed by atoms with Gasteiger partial charge >= 0.3 is 5.97 Å². The molecule has 0 aromatic carbocycles. The molecule has 12 heavy (non-hydrogen) atoms. The fourth-order valence-corrected chi connectivity index (χ4v) is 0.616. The highest BCUT2D eigenvalue weighted by Crippen LogP contribution is 1.93. The number of methoxy groups -OCH3 is 1. The van der Waals surface area contributed by atoms with E-state index in [4.69, 9.17) is 0 Å². The molecule has 0 aliphatic heterocycles. The van der Waals surface area contributed by atoms with Gasteiger partial charge in [-0.15, -0.1) is 0 Å². The summed E-state index contributed by atoms with van der Waals surface area (Å²) in [5.74, 6) is -0.686. The Morgan fingerprint density at radius 1 is 1.25 bits per heavy atom. The third kappa shape index (κ3) is 3.37. The average Bonchev–Trinajstić information content (AvgIpc) is 2.02. The third-order valence-corrected chi connectivity index (χ3v) is 1.44. The van der Waals surface area contributed by atoms with Crippen LogP contribution in [-0.2, 0) is 14.3 Å². The molecule has 0 bridgehead atoms. The van der Waals surface area contributed by atoms with Crippen LogP contribution in [0.3, 0.4) is 0 Å². The van der Waals surface area contributed by atoms with Crippen LogP contribution in [0.5, 0.6) is 0 Å². The number of hydrogen-bond donors (Lipinski definition) is 1. The van der Waals surface area contributed by atoms with E-state index < -0.39 is 12.0 Å².